The Morgan fingerprint density at radius 2 is 2.21 bits per heavy atom. The number of hydrogen-bond acceptors (Lipinski definition) is 4. The fourth-order valence-corrected chi connectivity index (χ4v) is 4.06. The van der Waals surface area contributed by atoms with Gasteiger partial charge in [0.2, 0.25) is 0 Å². The molecule has 2 aliphatic rings. The number of halogens is 1. The van der Waals surface area contributed by atoms with E-state index < -0.39 is 0 Å². The predicted molar refractivity (Wildman–Crippen MR) is 81.3 cm³/mol. The zero-order valence-electron chi connectivity index (χ0n) is 10.6. The van der Waals surface area contributed by atoms with Gasteiger partial charge in [0.15, 0.2) is 5.13 Å². The van der Waals surface area contributed by atoms with E-state index in [1.807, 2.05) is 18.2 Å². The van der Waals surface area contributed by atoms with Gasteiger partial charge in [-0.25, -0.2) is 4.98 Å². The summed E-state index contributed by atoms with van der Waals surface area (Å²) in [6.07, 6.45) is 4.01. The van der Waals surface area contributed by atoms with Gasteiger partial charge in [-0.2, -0.15) is 0 Å². The molecule has 3 nitrogen and oxygen atoms in total. The molecule has 1 N–H and O–H groups in total. The van der Waals surface area contributed by atoms with Crippen LogP contribution >= 0.6 is 22.9 Å². The number of thiazole rings is 1. The molecule has 1 aliphatic carbocycles. The molecule has 2 fully saturated rings. The van der Waals surface area contributed by atoms with Gasteiger partial charge in [0.25, 0.3) is 0 Å². The van der Waals surface area contributed by atoms with Crippen molar-refractivity contribution >= 4 is 38.3 Å². The van der Waals surface area contributed by atoms with Crippen LogP contribution in [-0.2, 0) is 0 Å². The van der Waals surface area contributed by atoms with Crippen LogP contribution in [0.1, 0.15) is 19.3 Å². The summed E-state index contributed by atoms with van der Waals surface area (Å²) in [6, 6.07) is 7.32. The van der Waals surface area contributed by atoms with Crippen molar-refractivity contribution in [1.29, 1.82) is 0 Å². The maximum absolute atomic E-state index is 6.19. The van der Waals surface area contributed by atoms with Crippen molar-refractivity contribution < 1.29 is 0 Å². The average molecular weight is 294 g/mol. The molecule has 0 radical (unpaired) electrons. The molecule has 1 aromatic carbocycles. The quantitative estimate of drug-likeness (QED) is 0.937. The second-order valence-corrected chi connectivity index (χ2v) is 6.87. The standard InChI is InChI=1S/C14H16ClN3S/c15-11-2-1-3-12-13(11)19-14(17-12)16-9-6-7-18(8-9)10-4-5-10/h1-3,9-10H,4-8H2,(H,16,17). The predicted octanol–water partition coefficient (Wildman–Crippen LogP) is 3.60. The van der Waals surface area contributed by atoms with Crippen LogP contribution < -0.4 is 5.32 Å². The maximum atomic E-state index is 6.19. The van der Waals surface area contributed by atoms with Crippen molar-refractivity contribution in [1.82, 2.24) is 9.88 Å². The fraction of sp³-hybridized carbons (Fsp3) is 0.500. The van der Waals surface area contributed by atoms with Crippen LogP contribution in [0.15, 0.2) is 18.2 Å². The van der Waals surface area contributed by atoms with Crippen molar-refractivity contribution in [3.63, 3.8) is 0 Å². The minimum atomic E-state index is 0.542. The van der Waals surface area contributed by atoms with E-state index in [1.165, 1.54) is 25.8 Å². The fourth-order valence-electron chi connectivity index (χ4n) is 2.83. The van der Waals surface area contributed by atoms with Crippen molar-refractivity contribution in [3.05, 3.63) is 23.2 Å². The van der Waals surface area contributed by atoms with Crippen LogP contribution in [0.4, 0.5) is 5.13 Å². The Kier molecular flexibility index (Phi) is 2.90. The van der Waals surface area contributed by atoms with Gasteiger partial charge in [-0.3, -0.25) is 4.90 Å². The van der Waals surface area contributed by atoms with Gasteiger partial charge in [0.1, 0.15) is 0 Å². The summed E-state index contributed by atoms with van der Waals surface area (Å²) >= 11 is 7.86. The summed E-state index contributed by atoms with van der Waals surface area (Å²) in [7, 11) is 0. The van der Waals surface area contributed by atoms with Crippen LogP contribution in [-0.4, -0.2) is 35.1 Å². The highest BCUT2D eigenvalue weighted by molar-refractivity contribution is 7.22. The van der Waals surface area contributed by atoms with E-state index in [1.54, 1.807) is 11.3 Å². The van der Waals surface area contributed by atoms with E-state index in [4.69, 9.17) is 11.6 Å². The molecule has 2 heterocycles. The van der Waals surface area contributed by atoms with Gasteiger partial charge in [-0.05, 0) is 31.4 Å². The molecule has 1 unspecified atom stereocenters. The molecule has 100 valence electrons. The molecule has 1 saturated carbocycles. The molecular formula is C14H16ClN3S. The Morgan fingerprint density at radius 3 is 3.00 bits per heavy atom. The second kappa shape index (κ2) is 4.62. The van der Waals surface area contributed by atoms with E-state index in [2.05, 4.69) is 15.2 Å². The summed E-state index contributed by atoms with van der Waals surface area (Å²) in [5, 5.41) is 5.38. The number of rotatable bonds is 3. The lowest BCUT2D eigenvalue weighted by Gasteiger charge is -2.15. The van der Waals surface area contributed by atoms with Crippen LogP contribution in [0.3, 0.4) is 0 Å². The first-order chi connectivity index (χ1) is 9.29. The molecule has 0 spiro atoms. The molecule has 1 aromatic heterocycles. The van der Waals surface area contributed by atoms with E-state index in [-0.39, 0.29) is 0 Å². The molecule has 1 atom stereocenters. The SMILES string of the molecule is Clc1cccc2nc(NC3CCN(C4CC4)C3)sc12. The maximum Gasteiger partial charge on any atom is 0.184 e. The third-order valence-corrected chi connectivity index (χ3v) is 5.44. The molecule has 4 rings (SSSR count). The minimum absolute atomic E-state index is 0.542. The number of likely N-dealkylation sites (tertiary alicyclic amines) is 1. The Morgan fingerprint density at radius 1 is 1.32 bits per heavy atom. The number of nitrogens with one attached hydrogen (secondary N) is 1. The average Bonchev–Trinajstić information content (AvgIpc) is 3.00. The summed E-state index contributed by atoms with van der Waals surface area (Å²) in [5.74, 6) is 0. The van der Waals surface area contributed by atoms with Crippen molar-refractivity contribution in [3.8, 4) is 0 Å². The number of fused-ring (bicyclic) bond motifs is 1. The summed E-state index contributed by atoms with van der Waals surface area (Å²) in [5.41, 5.74) is 0.997. The molecule has 0 bridgehead atoms. The highest BCUT2D eigenvalue weighted by atomic mass is 35.5. The molecule has 2 aromatic rings. The van der Waals surface area contributed by atoms with Crippen LogP contribution in [0.25, 0.3) is 10.2 Å². The topological polar surface area (TPSA) is 28.2 Å². The van der Waals surface area contributed by atoms with Crippen molar-refractivity contribution in [2.24, 2.45) is 0 Å². The third-order valence-electron chi connectivity index (χ3n) is 3.98. The molecular weight excluding hydrogens is 278 g/mol. The highest BCUT2D eigenvalue weighted by Crippen LogP contribution is 2.34. The lowest BCUT2D eigenvalue weighted by Crippen LogP contribution is -2.27. The van der Waals surface area contributed by atoms with Crippen LogP contribution in [0, 0.1) is 0 Å². The smallest absolute Gasteiger partial charge is 0.184 e. The Balaban J connectivity index is 1.50. The first-order valence-corrected chi connectivity index (χ1v) is 8.05. The van der Waals surface area contributed by atoms with E-state index in [0.717, 1.165) is 33.0 Å². The van der Waals surface area contributed by atoms with Crippen molar-refractivity contribution in [2.45, 2.75) is 31.3 Å². The third kappa shape index (κ3) is 2.33. The highest BCUT2D eigenvalue weighted by Gasteiger charge is 2.34. The number of anilines is 1. The normalized spacial score (nSPS) is 24.2. The van der Waals surface area contributed by atoms with Crippen LogP contribution in [0.5, 0.6) is 0 Å². The number of benzene rings is 1. The molecule has 5 heteroatoms. The minimum Gasteiger partial charge on any atom is -0.357 e. The Bertz CT molecular complexity index is 608. The van der Waals surface area contributed by atoms with Gasteiger partial charge in [0.05, 0.1) is 15.2 Å². The number of hydrogen-bond donors (Lipinski definition) is 1. The van der Waals surface area contributed by atoms with Gasteiger partial charge >= 0.3 is 0 Å². The first kappa shape index (κ1) is 11.9. The Hall–Kier alpha value is -0.840. The first-order valence-electron chi connectivity index (χ1n) is 6.85. The number of aromatic nitrogens is 1. The molecule has 0 amide bonds. The van der Waals surface area contributed by atoms with Crippen molar-refractivity contribution in [2.75, 3.05) is 18.4 Å². The largest absolute Gasteiger partial charge is 0.357 e. The zero-order valence-corrected chi connectivity index (χ0v) is 12.2. The lowest BCUT2D eigenvalue weighted by atomic mass is 10.3. The van der Waals surface area contributed by atoms with Gasteiger partial charge in [-0.1, -0.05) is 29.0 Å². The summed E-state index contributed by atoms with van der Waals surface area (Å²) in [4.78, 5) is 7.24. The zero-order chi connectivity index (χ0) is 12.8. The van der Waals surface area contributed by atoms with Gasteiger partial charge in [-0.15, -0.1) is 0 Å². The Labute approximate surface area is 121 Å². The van der Waals surface area contributed by atoms with E-state index >= 15 is 0 Å². The molecule has 1 aliphatic heterocycles. The van der Waals surface area contributed by atoms with E-state index in [0.29, 0.717) is 6.04 Å². The van der Waals surface area contributed by atoms with Gasteiger partial charge in [0, 0.05) is 25.2 Å². The summed E-state index contributed by atoms with van der Waals surface area (Å²) < 4.78 is 1.09. The van der Waals surface area contributed by atoms with Gasteiger partial charge < -0.3 is 5.32 Å². The van der Waals surface area contributed by atoms with E-state index in [9.17, 15) is 0 Å². The van der Waals surface area contributed by atoms with Crippen LogP contribution in [0.2, 0.25) is 5.02 Å². The lowest BCUT2D eigenvalue weighted by molar-refractivity contribution is 0.326. The number of nitrogens with zero attached hydrogens (tertiary/aromatic N) is 2. The second-order valence-electron chi connectivity index (χ2n) is 5.46. The molecule has 19 heavy (non-hydrogen) atoms. The molecule has 1 saturated heterocycles. The summed E-state index contributed by atoms with van der Waals surface area (Å²) in [6.45, 7) is 2.39. The monoisotopic (exact) mass is 293 g/mol.